The minimum Gasteiger partial charge on any atom is -0.383 e. The van der Waals surface area contributed by atoms with Crippen molar-refractivity contribution in [2.75, 3.05) is 20.3 Å². The molecule has 1 aromatic carbocycles. The minimum absolute atomic E-state index is 0.0675. The number of benzene rings is 1. The highest BCUT2D eigenvalue weighted by molar-refractivity contribution is 7.15. The number of carbonyl (C=O) groups is 1. The van der Waals surface area contributed by atoms with Gasteiger partial charge in [-0.1, -0.05) is 30.3 Å². The fourth-order valence-electron chi connectivity index (χ4n) is 2.40. The van der Waals surface area contributed by atoms with Crippen molar-refractivity contribution in [2.24, 2.45) is 0 Å². The molecule has 24 heavy (non-hydrogen) atoms. The van der Waals surface area contributed by atoms with Crippen LogP contribution in [0.2, 0.25) is 0 Å². The summed E-state index contributed by atoms with van der Waals surface area (Å²) in [5.41, 5.74) is 0.714. The first-order valence-corrected chi connectivity index (χ1v) is 8.35. The number of ether oxygens (including phenoxy) is 1. The molecule has 3 rings (SSSR count). The molecular weight excluding hydrogens is 326 g/mol. The Hall–Kier alpha value is -2.51. The molecule has 0 aliphatic carbocycles. The van der Waals surface area contributed by atoms with Crippen molar-refractivity contribution in [1.82, 2.24) is 14.3 Å². The summed E-state index contributed by atoms with van der Waals surface area (Å²) in [6.45, 7) is 1.21. The zero-order valence-electron chi connectivity index (χ0n) is 13.2. The number of carbonyl (C=O) groups excluding carboxylic acids is 1. The quantitative estimate of drug-likeness (QED) is 0.687. The number of amides is 1. The Morgan fingerprint density at radius 3 is 2.88 bits per heavy atom. The minimum atomic E-state index is -0.346. The van der Waals surface area contributed by atoms with Crippen LogP contribution in [-0.4, -0.2) is 40.5 Å². The van der Waals surface area contributed by atoms with E-state index in [2.05, 4.69) is 4.98 Å². The zero-order valence-corrected chi connectivity index (χ0v) is 14.0. The molecule has 2 aromatic heterocycles. The number of hydrogen-bond donors (Lipinski definition) is 0. The molecule has 0 saturated carbocycles. The Morgan fingerprint density at radius 2 is 2.12 bits per heavy atom. The van der Waals surface area contributed by atoms with E-state index in [4.69, 9.17) is 4.74 Å². The number of fused-ring (bicyclic) bond motifs is 1. The van der Waals surface area contributed by atoms with Crippen LogP contribution in [0.3, 0.4) is 0 Å². The van der Waals surface area contributed by atoms with Crippen LogP contribution in [-0.2, 0) is 11.3 Å². The summed E-state index contributed by atoms with van der Waals surface area (Å²) >= 11 is 1.35. The average molecular weight is 343 g/mol. The first kappa shape index (κ1) is 16.4. The molecule has 0 aliphatic heterocycles. The van der Waals surface area contributed by atoms with Gasteiger partial charge in [-0.15, -0.1) is 11.3 Å². The smallest absolute Gasteiger partial charge is 0.271 e. The second kappa shape index (κ2) is 7.37. The molecule has 0 spiro atoms. The molecule has 0 bridgehead atoms. The molecule has 0 N–H and O–H groups in total. The molecule has 2 heterocycles. The molecule has 0 saturated heterocycles. The number of thiazole rings is 1. The molecule has 7 heteroatoms. The topological polar surface area (TPSA) is 63.9 Å². The number of rotatable bonds is 6. The second-order valence-corrected chi connectivity index (χ2v) is 6.11. The maximum atomic E-state index is 12.9. The maximum absolute atomic E-state index is 12.9. The molecule has 0 unspecified atom stereocenters. The normalized spacial score (nSPS) is 10.9. The fraction of sp³-hybridized carbons (Fsp3) is 0.235. The third-order valence-electron chi connectivity index (χ3n) is 3.64. The highest BCUT2D eigenvalue weighted by atomic mass is 32.1. The van der Waals surface area contributed by atoms with E-state index in [0.29, 0.717) is 24.7 Å². The van der Waals surface area contributed by atoms with E-state index in [0.717, 1.165) is 5.56 Å². The van der Waals surface area contributed by atoms with Crippen LogP contribution < -0.4 is 5.56 Å². The van der Waals surface area contributed by atoms with E-state index in [1.165, 1.54) is 21.9 Å². The van der Waals surface area contributed by atoms with Crippen molar-refractivity contribution in [1.29, 1.82) is 0 Å². The van der Waals surface area contributed by atoms with E-state index in [1.54, 1.807) is 23.6 Å². The summed E-state index contributed by atoms with van der Waals surface area (Å²) in [4.78, 5) is 31.7. The Balaban J connectivity index is 1.91. The second-order valence-electron chi connectivity index (χ2n) is 5.24. The molecule has 1 amide bonds. The Labute approximate surface area is 142 Å². The molecule has 0 atom stereocenters. The molecule has 124 valence electrons. The van der Waals surface area contributed by atoms with Crippen LogP contribution in [0.1, 0.15) is 15.9 Å². The number of nitrogens with zero attached hydrogens (tertiary/aromatic N) is 3. The van der Waals surface area contributed by atoms with Crippen molar-refractivity contribution >= 4 is 22.2 Å². The van der Waals surface area contributed by atoms with Gasteiger partial charge >= 0.3 is 0 Å². The van der Waals surface area contributed by atoms with Crippen molar-refractivity contribution in [3.63, 3.8) is 0 Å². The number of hydrogen-bond acceptors (Lipinski definition) is 5. The van der Waals surface area contributed by atoms with E-state index >= 15 is 0 Å². The largest absolute Gasteiger partial charge is 0.383 e. The van der Waals surface area contributed by atoms with E-state index < -0.39 is 0 Å². The maximum Gasteiger partial charge on any atom is 0.271 e. The van der Waals surface area contributed by atoms with Gasteiger partial charge in [0.15, 0.2) is 4.96 Å². The van der Waals surface area contributed by atoms with Crippen LogP contribution in [0.5, 0.6) is 0 Å². The highest BCUT2D eigenvalue weighted by Gasteiger charge is 2.20. The summed E-state index contributed by atoms with van der Waals surface area (Å²) in [5.74, 6) is -0.339. The summed E-state index contributed by atoms with van der Waals surface area (Å²) in [5, 5.41) is 1.77. The van der Waals surface area contributed by atoms with Crippen molar-refractivity contribution in [2.45, 2.75) is 6.54 Å². The number of aromatic nitrogens is 2. The van der Waals surface area contributed by atoms with Crippen LogP contribution >= 0.6 is 11.3 Å². The third-order valence-corrected chi connectivity index (χ3v) is 4.41. The van der Waals surface area contributed by atoms with Crippen molar-refractivity contribution in [3.05, 3.63) is 69.6 Å². The Kier molecular flexibility index (Phi) is 5.02. The summed E-state index contributed by atoms with van der Waals surface area (Å²) in [7, 11) is 1.58. The van der Waals surface area contributed by atoms with Crippen molar-refractivity contribution < 1.29 is 9.53 Å². The monoisotopic (exact) mass is 343 g/mol. The first-order valence-electron chi connectivity index (χ1n) is 7.47. The lowest BCUT2D eigenvalue weighted by molar-refractivity contribution is 0.0678. The Morgan fingerprint density at radius 1 is 1.33 bits per heavy atom. The molecular formula is C17H17N3O3S. The molecule has 0 aliphatic rings. The van der Waals surface area contributed by atoms with Gasteiger partial charge in [-0.05, 0) is 5.56 Å². The standard InChI is InChI=1S/C17H17N3O3S/c1-23-9-7-19(12-13-5-3-2-4-6-13)15(21)14-11-18-17-20(16(14)22)8-10-24-17/h2-6,8,10-11H,7,9,12H2,1H3. The van der Waals surface area contributed by atoms with Crippen LogP contribution in [0, 0.1) is 0 Å². The average Bonchev–Trinajstić information content (AvgIpc) is 3.09. The highest BCUT2D eigenvalue weighted by Crippen LogP contribution is 2.10. The third kappa shape index (κ3) is 3.37. The summed E-state index contributed by atoms with van der Waals surface area (Å²) < 4.78 is 6.49. The van der Waals surface area contributed by atoms with Gasteiger partial charge in [0.1, 0.15) is 5.56 Å². The number of methoxy groups -OCH3 is 1. The van der Waals surface area contributed by atoms with Gasteiger partial charge in [-0.3, -0.25) is 14.0 Å². The van der Waals surface area contributed by atoms with Gasteiger partial charge in [0.25, 0.3) is 11.5 Å². The SMILES string of the molecule is COCCN(Cc1ccccc1)C(=O)c1cnc2sccn2c1=O. The van der Waals surface area contributed by atoms with Gasteiger partial charge in [-0.25, -0.2) is 4.98 Å². The van der Waals surface area contributed by atoms with Gasteiger partial charge in [-0.2, -0.15) is 0 Å². The van der Waals surface area contributed by atoms with Crippen LogP contribution in [0.15, 0.2) is 52.9 Å². The van der Waals surface area contributed by atoms with Gasteiger partial charge in [0, 0.05) is 38.0 Å². The van der Waals surface area contributed by atoms with Crippen molar-refractivity contribution in [3.8, 4) is 0 Å². The van der Waals surface area contributed by atoms with Gasteiger partial charge < -0.3 is 9.64 Å². The summed E-state index contributed by atoms with van der Waals surface area (Å²) in [6.07, 6.45) is 2.99. The molecule has 0 fully saturated rings. The lowest BCUT2D eigenvalue weighted by Crippen LogP contribution is -2.37. The first-order chi connectivity index (χ1) is 11.7. The lowest BCUT2D eigenvalue weighted by atomic mass is 10.2. The lowest BCUT2D eigenvalue weighted by Gasteiger charge is -2.22. The molecule has 6 nitrogen and oxygen atoms in total. The molecule has 0 radical (unpaired) electrons. The van der Waals surface area contributed by atoms with Gasteiger partial charge in [0.2, 0.25) is 0 Å². The fourth-order valence-corrected chi connectivity index (χ4v) is 3.07. The van der Waals surface area contributed by atoms with E-state index in [1.807, 2.05) is 30.3 Å². The van der Waals surface area contributed by atoms with E-state index in [9.17, 15) is 9.59 Å². The molecule has 3 aromatic rings. The van der Waals surface area contributed by atoms with E-state index in [-0.39, 0.29) is 17.0 Å². The van der Waals surface area contributed by atoms with Crippen LogP contribution in [0.4, 0.5) is 0 Å². The predicted octanol–water partition coefficient (Wildman–Crippen LogP) is 2.04. The zero-order chi connectivity index (χ0) is 16.9. The Bertz CT molecular complexity index is 889. The van der Waals surface area contributed by atoms with Gasteiger partial charge in [0.05, 0.1) is 6.61 Å². The van der Waals surface area contributed by atoms with Crippen LogP contribution in [0.25, 0.3) is 4.96 Å². The summed E-state index contributed by atoms with van der Waals surface area (Å²) in [6, 6.07) is 9.65. The predicted molar refractivity (Wildman–Crippen MR) is 92.4 cm³/mol.